The second-order valence-electron chi connectivity index (χ2n) is 5.96. The SMILES string of the molecule is Cl.O=C(NC1CCCNC1)C1(Cc2ccccc2)CC1. The van der Waals surface area contributed by atoms with Gasteiger partial charge in [0.1, 0.15) is 0 Å². The molecule has 1 atom stereocenters. The van der Waals surface area contributed by atoms with Crippen LogP contribution < -0.4 is 10.6 Å². The molecule has 1 unspecified atom stereocenters. The number of hydrogen-bond donors (Lipinski definition) is 2. The Morgan fingerprint density at radius 1 is 1.30 bits per heavy atom. The Morgan fingerprint density at radius 2 is 2.05 bits per heavy atom. The van der Waals surface area contributed by atoms with Gasteiger partial charge in [0.05, 0.1) is 5.41 Å². The molecule has 0 bridgehead atoms. The van der Waals surface area contributed by atoms with Gasteiger partial charge in [0.25, 0.3) is 0 Å². The zero-order chi connectivity index (χ0) is 13.1. The lowest BCUT2D eigenvalue weighted by atomic mass is 9.94. The lowest BCUT2D eigenvalue weighted by Gasteiger charge is -2.26. The maximum Gasteiger partial charge on any atom is 0.226 e. The summed E-state index contributed by atoms with van der Waals surface area (Å²) in [6.07, 6.45) is 5.23. The summed E-state index contributed by atoms with van der Waals surface area (Å²) >= 11 is 0. The molecular weight excluding hydrogens is 272 g/mol. The first kappa shape index (κ1) is 15.3. The van der Waals surface area contributed by atoms with Gasteiger partial charge in [0.15, 0.2) is 0 Å². The summed E-state index contributed by atoms with van der Waals surface area (Å²) in [5.41, 5.74) is 1.16. The van der Waals surface area contributed by atoms with Gasteiger partial charge in [-0.15, -0.1) is 12.4 Å². The molecule has 20 heavy (non-hydrogen) atoms. The van der Waals surface area contributed by atoms with Crippen LogP contribution in [0.1, 0.15) is 31.2 Å². The van der Waals surface area contributed by atoms with Gasteiger partial charge < -0.3 is 10.6 Å². The van der Waals surface area contributed by atoms with E-state index < -0.39 is 0 Å². The van der Waals surface area contributed by atoms with Crippen molar-refractivity contribution in [2.45, 2.75) is 38.1 Å². The Hall–Kier alpha value is -1.06. The molecule has 1 amide bonds. The van der Waals surface area contributed by atoms with Crippen LogP contribution in [-0.2, 0) is 11.2 Å². The van der Waals surface area contributed by atoms with Crippen molar-refractivity contribution in [2.75, 3.05) is 13.1 Å². The predicted molar refractivity (Wildman–Crippen MR) is 83.1 cm³/mol. The van der Waals surface area contributed by atoms with Gasteiger partial charge in [0, 0.05) is 12.6 Å². The number of nitrogens with one attached hydrogen (secondary N) is 2. The van der Waals surface area contributed by atoms with Crippen LogP contribution in [0.5, 0.6) is 0 Å². The summed E-state index contributed by atoms with van der Waals surface area (Å²) in [6, 6.07) is 10.7. The van der Waals surface area contributed by atoms with Crippen LogP contribution >= 0.6 is 12.4 Å². The standard InChI is InChI=1S/C16H22N2O.ClH/c19-15(18-14-7-4-10-17-12-14)16(8-9-16)11-13-5-2-1-3-6-13;/h1-3,5-6,14,17H,4,7-12H2,(H,18,19);1H. The first-order valence-corrected chi connectivity index (χ1v) is 7.34. The zero-order valence-electron chi connectivity index (χ0n) is 11.7. The van der Waals surface area contributed by atoms with E-state index >= 15 is 0 Å². The van der Waals surface area contributed by atoms with Crippen LogP contribution in [0.3, 0.4) is 0 Å². The highest BCUT2D eigenvalue weighted by Gasteiger charge is 2.49. The minimum atomic E-state index is -0.112. The average molecular weight is 295 g/mol. The zero-order valence-corrected chi connectivity index (χ0v) is 12.5. The van der Waals surface area contributed by atoms with Gasteiger partial charge in [-0.25, -0.2) is 0 Å². The Morgan fingerprint density at radius 3 is 2.65 bits per heavy atom. The molecule has 3 nitrogen and oxygen atoms in total. The van der Waals surface area contributed by atoms with Gasteiger partial charge >= 0.3 is 0 Å². The highest BCUT2D eigenvalue weighted by molar-refractivity contribution is 5.86. The van der Waals surface area contributed by atoms with Crippen molar-refractivity contribution in [3.05, 3.63) is 35.9 Å². The second kappa shape index (κ2) is 6.59. The number of carbonyl (C=O) groups is 1. The maximum absolute atomic E-state index is 12.5. The van der Waals surface area contributed by atoms with Crippen LogP contribution in [0.4, 0.5) is 0 Å². The van der Waals surface area contributed by atoms with E-state index in [1.165, 1.54) is 5.56 Å². The highest BCUT2D eigenvalue weighted by Crippen LogP contribution is 2.48. The molecule has 1 aromatic rings. The third-order valence-corrected chi connectivity index (χ3v) is 4.35. The van der Waals surface area contributed by atoms with E-state index in [4.69, 9.17) is 0 Å². The molecule has 2 fully saturated rings. The molecule has 1 aliphatic carbocycles. The molecule has 2 N–H and O–H groups in total. The average Bonchev–Trinajstić information content (AvgIpc) is 3.22. The lowest BCUT2D eigenvalue weighted by molar-refractivity contribution is -0.127. The van der Waals surface area contributed by atoms with Gasteiger partial charge in [-0.2, -0.15) is 0 Å². The Bertz CT molecular complexity index is 439. The van der Waals surface area contributed by atoms with Crippen LogP contribution in [-0.4, -0.2) is 25.0 Å². The van der Waals surface area contributed by atoms with E-state index in [1.807, 2.05) is 18.2 Å². The quantitative estimate of drug-likeness (QED) is 0.895. The molecule has 2 aliphatic rings. The number of piperidine rings is 1. The number of rotatable bonds is 4. The van der Waals surface area contributed by atoms with Crippen LogP contribution in [0.25, 0.3) is 0 Å². The van der Waals surface area contributed by atoms with Crippen molar-refractivity contribution in [2.24, 2.45) is 5.41 Å². The second-order valence-corrected chi connectivity index (χ2v) is 5.96. The van der Waals surface area contributed by atoms with E-state index in [1.54, 1.807) is 0 Å². The third-order valence-electron chi connectivity index (χ3n) is 4.35. The number of halogens is 1. The summed E-state index contributed by atoms with van der Waals surface area (Å²) in [5.74, 6) is 0.269. The maximum atomic E-state index is 12.5. The summed E-state index contributed by atoms with van der Waals surface area (Å²) in [6.45, 7) is 2.01. The van der Waals surface area contributed by atoms with E-state index in [9.17, 15) is 4.79 Å². The number of benzene rings is 1. The highest BCUT2D eigenvalue weighted by atomic mass is 35.5. The van der Waals surface area contributed by atoms with Gasteiger partial charge in [0.2, 0.25) is 5.91 Å². The Balaban J connectivity index is 0.00000147. The molecule has 0 radical (unpaired) electrons. The number of amides is 1. The fourth-order valence-electron chi connectivity index (χ4n) is 2.94. The van der Waals surface area contributed by atoms with Gasteiger partial charge in [-0.05, 0) is 44.2 Å². The largest absolute Gasteiger partial charge is 0.352 e. The molecule has 0 aromatic heterocycles. The van der Waals surface area contributed by atoms with Crippen molar-refractivity contribution in [3.8, 4) is 0 Å². The van der Waals surface area contributed by atoms with Gasteiger partial charge in [-0.1, -0.05) is 30.3 Å². The van der Waals surface area contributed by atoms with E-state index in [2.05, 4.69) is 22.8 Å². The molecular formula is C16H23ClN2O. The number of carbonyl (C=O) groups excluding carboxylic acids is 1. The fraction of sp³-hybridized carbons (Fsp3) is 0.562. The van der Waals surface area contributed by atoms with Crippen LogP contribution in [0, 0.1) is 5.41 Å². The van der Waals surface area contributed by atoms with Crippen LogP contribution in [0.15, 0.2) is 30.3 Å². The van der Waals surface area contributed by atoms with E-state index in [-0.39, 0.29) is 23.7 Å². The number of hydrogen-bond acceptors (Lipinski definition) is 2. The molecule has 1 saturated heterocycles. The fourth-order valence-corrected chi connectivity index (χ4v) is 2.94. The van der Waals surface area contributed by atoms with Crippen molar-refractivity contribution in [1.82, 2.24) is 10.6 Å². The first-order chi connectivity index (χ1) is 9.28. The molecule has 1 aromatic carbocycles. The summed E-state index contributed by atoms with van der Waals surface area (Å²) in [4.78, 5) is 12.5. The minimum absolute atomic E-state index is 0. The Kier molecular flexibility index (Phi) is 5.06. The monoisotopic (exact) mass is 294 g/mol. The first-order valence-electron chi connectivity index (χ1n) is 7.34. The smallest absolute Gasteiger partial charge is 0.226 e. The van der Waals surface area contributed by atoms with Crippen molar-refractivity contribution in [3.63, 3.8) is 0 Å². The molecule has 1 aliphatic heterocycles. The molecule has 1 heterocycles. The normalized spacial score (nSPS) is 23.5. The topological polar surface area (TPSA) is 41.1 Å². The van der Waals surface area contributed by atoms with E-state index in [0.717, 1.165) is 45.2 Å². The minimum Gasteiger partial charge on any atom is -0.352 e. The molecule has 0 spiro atoms. The van der Waals surface area contributed by atoms with Gasteiger partial charge in [-0.3, -0.25) is 4.79 Å². The third kappa shape index (κ3) is 3.53. The summed E-state index contributed by atoms with van der Waals surface area (Å²) in [5, 5.41) is 6.59. The summed E-state index contributed by atoms with van der Waals surface area (Å²) < 4.78 is 0. The molecule has 3 rings (SSSR count). The molecule has 110 valence electrons. The molecule has 4 heteroatoms. The van der Waals surface area contributed by atoms with Crippen molar-refractivity contribution in [1.29, 1.82) is 0 Å². The van der Waals surface area contributed by atoms with Crippen molar-refractivity contribution >= 4 is 18.3 Å². The lowest BCUT2D eigenvalue weighted by Crippen LogP contribution is -2.48. The van der Waals surface area contributed by atoms with Crippen LogP contribution in [0.2, 0.25) is 0 Å². The van der Waals surface area contributed by atoms with E-state index in [0.29, 0.717) is 6.04 Å². The Labute approximate surface area is 126 Å². The summed E-state index contributed by atoms with van der Waals surface area (Å²) in [7, 11) is 0. The predicted octanol–water partition coefficient (Wildman–Crippen LogP) is 2.30. The molecule has 1 saturated carbocycles. The van der Waals surface area contributed by atoms with Crippen molar-refractivity contribution < 1.29 is 4.79 Å².